The molecule has 3 N–H and O–H groups in total. The van der Waals surface area contributed by atoms with Crippen LogP contribution >= 0.6 is 0 Å². The largest absolute Gasteiger partial charge is 0.394 e. The third-order valence-electron chi connectivity index (χ3n) is 3.08. The first-order valence-electron chi connectivity index (χ1n) is 5.99. The van der Waals surface area contributed by atoms with Gasteiger partial charge in [-0.15, -0.1) is 0 Å². The highest BCUT2D eigenvalue weighted by Gasteiger charge is 2.24. The minimum Gasteiger partial charge on any atom is -0.394 e. The Balaban J connectivity index is 2.67. The van der Waals surface area contributed by atoms with Crippen molar-refractivity contribution in [1.29, 1.82) is 0 Å². The van der Waals surface area contributed by atoms with Gasteiger partial charge in [0.25, 0.3) is 0 Å². The summed E-state index contributed by atoms with van der Waals surface area (Å²) in [6.45, 7) is 5.05. The van der Waals surface area contributed by atoms with Crippen molar-refractivity contribution in [2.24, 2.45) is 0 Å². The summed E-state index contributed by atoms with van der Waals surface area (Å²) in [6, 6.07) is 5.87. The van der Waals surface area contributed by atoms with E-state index in [9.17, 15) is 4.79 Å². The number of carbonyl (C=O) groups is 1. The first-order chi connectivity index (χ1) is 8.40. The number of amides is 1. The minimum atomic E-state index is -0.961. The molecule has 1 aromatic rings. The maximum absolute atomic E-state index is 11.8. The second-order valence-electron chi connectivity index (χ2n) is 5.02. The Morgan fingerprint density at radius 1 is 1.22 bits per heavy atom. The first-order valence-corrected chi connectivity index (χ1v) is 5.99. The number of aliphatic hydroxyl groups excluding tert-OH is 2. The lowest BCUT2D eigenvalue weighted by atomic mass is 10.0. The lowest BCUT2D eigenvalue weighted by Crippen LogP contribution is -2.52. The number of aryl methyl sites for hydroxylation is 2. The molecule has 0 saturated heterocycles. The predicted octanol–water partition coefficient (Wildman–Crippen LogP) is 0.705. The van der Waals surface area contributed by atoms with Gasteiger partial charge in [0, 0.05) is 0 Å². The Morgan fingerprint density at radius 3 is 2.33 bits per heavy atom. The maximum atomic E-state index is 11.8. The van der Waals surface area contributed by atoms with E-state index in [2.05, 4.69) is 5.32 Å². The second kappa shape index (κ2) is 5.98. The summed E-state index contributed by atoms with van der Waals surface area (Å²) in [4.78, 5) is 11.8. The summed E-state index contributed by atoms with van der Waals surface area (Å²) < 4.78 is 0. The number of hydrogen-bond acceptors (Lipinski definition) is 3. The highest BCUT2D eigenvalue weighted by Crippen LogP contribution is 2.11. The molecular weight excluding hydrogens is 230 g/mol. The molecule has 0 atom stereocenters. The van der Waals surface area contributed by atoms with Crippen LogP contribution in [0.25, 0.3) is 0 Å². The molecule has 0 bridgehead atoms. The van der Waals surface area contributed by atoms with E-state index in [-0.39, 0.29) is 25.5 Å². The van der Waals surface area contributed by atoms with E-state index in [0.717, 1.165) is 11.1 Å². The summed E-state index contributed by atoms with van der Waals surface area (Å²) in [5.74, 6) is -0.205. The zero-order valence-corrected chi connectivity index (χ0v) is 11.2. The number of rotatable bonds is 5. The van der Waals surface area contributed by atoms with E-state index in [0.29, 0.717) is 0 Å². The first kappa shape index (κ1) is 14.7. The molecule has 0 heterocycles. The molecule has 0 unspecified atom stereocenters. The predicted molar refractivity (Wildman–Crippen MR) is 70.3 cm³/mol. The highest BCUT2D eigenvalue weighted by molar-refractivity contribution is 5.79. The van der Waals surface area contributed by atoms with Crippen molar-refractivity contribution in [2.75, 3.05) is 13.2 Å². The summed E-state index contributed by atoms with van der Waals surface area (Å²) in [6.07, 6.45) is 0.247. The summed E-state index contributed by atoms with van der Waals surface area (Å²) >= 11 is 0. The van der Waals surface area contributed by atoms with Gasteiger partial charge in [-0.05, 0) is 37.5 Å². The standard InChI is InChI=1S/C14H21NO3/c1-10-4-5-12(6-11(10)2)7-13(18)15-14(3,8-16)9-17/h4-6,16-17H,7-9H2,1-3H3,(H,15,18). The van der Waals surface area contributed by atoms with Crippen molar-refractivity contribution in [3.8, 4) is 0 Å². The van der Waals surface area contributed by atoms with Gasteiger partial charge in [-0.2, -0.15) is 0 Å². The molecule has 1 rings (SSSR count). The van der Waals surface area contributed by atoms with Crippen LogP contribution in [0.4, 0.5) is 0 Å². The topological polar surface area (TPSA) is 69.6 Å². The van der Waals surface area contributed by atoms with E-state index in [1.807, 2.05) is 32.0 Å². The van der Waals surface area contributed by atoms with Crippen LogP contribution in [0.2, 0.25) is 0 Å². The molecule has 0 aromatic heterocycles. The van der Waals surface area contributed by atoms with Gasteiger partial charge < -0.3 is 15.5 Å². The van der Waals surface area contributed by atoms with Crippen LogP contribution in [0, 0.1) is 13.8 Å². The van der Waals surface area contributed by atoms with Crippen molar-refractivity contribution in [2.45, 2.75) is 32.7 Å². The summed E-state index contributed by atoms with van der Waals surface area (Å²) in [5, 5.41) is 20.8. The van der Waals surface area contributed by atoms with Gasteiger partial charge in [0.05, 0.1) is 25.2 Å². The third kappa shape index (κ3) is 3.82. The maximum Gasteiger partial charge on any atom is 0.224 e. The molecular formula is C14H21NO3. The monoisotopic (exact) mass is 251 g/mol. The minimum absolute atomic E-state index is 0.205. The zero-order valence-electron chi connectivity index (χ0n) is 11.2. The molecule has 18 heavy (non-hydrogen) atoms. The van der Waals surface area contributed by atoms with Crippen LogP contribution in [-0.2, 0) is 11.2 Å². The fraction of sp³-hybridized carbons (Fsp3) is 0.500. The molecule has 100 valence electrons. The molecule has 4 heteroatoms. The van der Waals surface area contributed by atoms with E-state index in [4.69, 9.17) is 10.2 Å². The van der Waals surface area contributed by atoms with Crippen molar-refractivity contribution in [3.63, 3.8) is 0 Å². The number of nitrogens with one attached hydrogen (secondary N) is 1. The Labute approximate surface area is 108 Å². The Kier molecular flexibility index (Phi) is 4.87. The molecule has 4 nitrogen and oxygen atoms in total. The van der Waals surface area contributed by atoms with Crippen LogP contribution in [-0.4, -0.2) is 34.9 Å². The van der Waals surface area contributed by atoms with Gasteiger partial charge in [0.1, 0.15) is 0 Å². The average Bonchev–Trinajstić information content (AvgIpc) is 2.33. The molecule has 1 aromatic carbocycles. The normalized spacial score (nSPS) is 11.4. The third-order valence-corrected chi connectivity index (χ3v) is 3.08. The van der Waals surface area contributed by atoms with Crippen molar-refractivity contribution < 1.29 is 15.0 Å². The van der Waals surface area contributed by atoms with E-state index in [1.54, 1.807) is 6.92 Å². The zero-order chi connectivity index (χ0) is 13.8. The average molecular weight is 251 g/mol. The lowest BCUT2D eigenvalue weighted by molar-refractivity contribution is -0.123. The van der Waals surface area contributed by atoms with Gasteiger partial charge in [-0.25, -0.2) is 0 Å². The smallest absolute Gasteiger partial charge is 0.224 e. The van der Waals surface area contributed by atoms with E-state index in [1.165, 1.54) is 5.56 Å². The quantitative estimate of drug-likeness (QED) is 0.721. The number of carbonyl (C=O) groups excluding carboxylic acids is 1. The van der Waals surface area contributed by atoms with E-state index < -0.39 is 5.54 Å². The highest BCUT2D eigenvalue weighted by atomic mass is 16.3. The SMILES string of the molecule is Cc1ccc(CC(=O)NC(C)(CO)CO)cc1C. The van der Waals surface area contributed by atoms with Crippen LogP contribution in [0.3, 0.4) is 0 Å². The van der Waals surface area contributed by atoms with Crippen molar-refractivity contribution in [1.82, 2.24) is 5.32 Å². The van der Waals surface area contributed by atoms with E-state index >= 15 is 0 Å². The van der Waals surface area contributed by atoms with Gasteiger partial charge in [0.2, 0.25) is 5.91 Å². The molecule has 0 spiro atoms. The fourth-order valence-corrected chi connectivity index (χ4v) is 1.61. The van der Waals surface area contributed by atoms with Gasteiger partial charge in [-0.1, -0.05) is 18.2 Å². The molecule has 0 fully saturated rings. The second-order valence-corrected chi connectivity index (χ2v) is 5.02. The molecule has 0 aliphatic rings. The van der Waals surface area contributed by atoms with Gasteiger partial charge in [-0.3, -0.25) is 4.79 Å². The molecule has 0 saturated carbocycles. The van der Waals surface area contributed by atoms with Crippen molar-refractivity contribution in [3.05, 3.63) is 34.9 Å². The number of hydrogen-bond donors (Lipinski definition) is 3. The number of benzene rings is 1. The Bertz CT molecular complexity index is 425. The van der Waals surface area contributed by atoms with Gasteiger partial charge in [0.15, 0.2) is 0 Å². The van der Waals surface area contributed by atoms with Crippen LogP contribution in [0.1, 0.15) is 23.6 Å². The van der Waals surface area contributed by atoms with Crippen molar-refractivity contribution >= 4 is 5.91 Å². The Morgan fingerprint density at radius 2 is 1.83 bits per heavy atom. The van der Waals surface area contributed by atoms with Crippen LogP contribution < -0.4 is 5.32 Å². The fourth-order valence-electron chi connectivity index (χ4n) is 1.61. The Hall–Kier alpha value is -1.39. The molecule has 0 aliphatic heterocycles. The summed E-state index contributed by atoms with van der Waals surface area (Å²) in [5.41, 5.74) is 2.30. The molecule has 1 amide bonds. The summed E-state index contributed by atoms with van der Waals surface area (Å²) in [7, 11) is 0. The molecule has 0 aliphatic carbocycles. The lowest BCUT2D eigenvalue weighted by Gasteiger charge is -2.26. The molecule has 0 radical (unpaired) electrons. The van der Waals surface area contributed by atoms with Gasteiger partial charge >= 0.3 is 0 Å². The van der Waals surface area contributed by atoms with Crippen LogP contribution in [0.15, 0.2) is 18.2 Å². The van der Waals surface area contributed by atoms with Crippen LogP contribution in [0.5, 0.6) is 0 Å². The number of aliphatic hydroxyl groups is 2.